The van der Waals surface area contributed by atoms with Gasteiger partial charge in [0.2, 0.25) is 0 Å². The molecule has 0 heterocycles. The van der Waals surface area contributed by atoms with Crippen LogP contribution in [-0.2, 0) is 0 Å². The SMILES string of the molecule is Cc1ccc(C(CN)N(C)CC2CCCCC2)c(C)c1. The fourth-order valence-electron chi connectivity index (χ4n) is 3.65. The predicted octanol–water partition coefficient (Wildman–Crippen LogP) is 3.82. The van der Waals surface area contributed by atoms with Crippen LogP contribution >= 0.6 is 0 Å². The lowest BCUT2D eigenvalue weighted by atomic mass is 9.88. The third kappa shape index (κ3) is 3.83. The van der Waals surface area contributed by atoms with Gasteiger partial charge in [-0.05, 0) is 50.8 Å². The lowest BCUT2D eigenvalue weighted by molar-refractivity contribution is 0.185. The van der Waals surface area contributed by atoms with Crippen LogP contribution in [0, 0.1) is 19.8 Å². The number of hydrogen-bond acceptors (Lipinski definition) is 2. The average Bonchev–Trinajstić information content (AvgIpc) is 2.43. The van der Waals surface area contributed by atoms with Gasteiger partial charge in [-0.1, -0.05) is 43.0 Å². The van der Waals surface area contributed by atoms with Gasteiger partial charge in [-0.3, -0.25) is 4.90 Å². The molecule has 20 heavy (non-hydrogen) atoms. The van der Waals surface area contributed by atoms with E-state index in [2.05, 4.69) is 44.0 Å². The molecule has 0 radical (unpaired) electrons. The van der Waals surface area contributed by atoms with Crippen LogP contribution in [-0.4, -0.2) is 25.0 Å². The molecule has 1 aromatic carbocycles. The van der Waals surface area contributed by atoms with Crippen molar-refractivity contribution in [1.82, 2.24) is 4.90 Å². The molecule has 1 unspecified atom stereocenters. The molecule has 0 saturated heterocycles. The zero-order valence-electron chi connectivity index (χ0n) is 13.4. The van der Waals surface area contributed by atoms with Crippen LogP contribution < -0.4 is 5.73 Å². The van der Waals surface area contributed by atoms with E-state index in [4.69, 9.17) is 5.73 Å². The van der Waals surface area contributed by atoms with Gasteiger partial charge >= 0.3 is 0 Å². The minimum Gasteiger partial charge on any atom is -0.329 e. The van der Waals surface area contributed by atoms with Crippen LogP contribution in [0.15, 0.2) is 18.2 Å². The van der Waals surface area contributed by atoms with E-state index >= 15 is 0 Å². The van der Waals surface area contributed by atoms with E-state index in [-0.39, 0.29) is 0 Å². The van der Waals surface area contributed by atoms with Gasteiger partial charge in [0.1, 0.15) is 0 Å². The highest BCUT2D eigenvalue weighted by Crippen LogP contribution is 2.28. The van der Waals surface area contributed by atoms with Gasteiger partial charge in [0.15, 0.2) is 0 Å². The number of nitrogens with two attached hydrogens (primary N) is 1. The van der Waals surface area contributed by atoms with Crippen LogP contribution in [0.5, 0.6) is 0 Å². The van der Waals surface area contributed by atoms with E-state index in [0.717, 1.165) is 5.92 Å². The van der Waals surface area contributed by atoms with Crippen molar-refractivity contribution in [3.05, 3.63) is 34.9 Å². The molecule has 0 amide bonds. The van der Waals surface area contributed by atoms with Gasteiger partial charge in [0.05, 0.1) is 0 Å². The standard InChI is InChI=1S/C18H30N2/c1-14-9-10-17(15(2)11-14)18(12-19)20(3)13-16-7-5-4-6-8-16/h9-11,16,18H,4-8,12-13,19H2,1-3H3. The smallest absolute Gasteiger partial charge is 0.0470 e. The highest BCUT2D eigenvalue weighted by Gasteiger charge is 2.21. The summed E-state index contributed by atoms with van der Waals surface area (Å²) >= 11 is 0. The summed E-state index contributed by atoms with van der Waals surface area (Å²) in [6.07, 6.45) is 7.05. The van der Waals surface area contributed by atoms with Crippen LogP contribution in [0.25, 0.3) is 0 Å². The molecular weight excluding hydrogens is 244 g/mol. The van der Waals surface area contributed by atoms with Crippen LogP contribution in [0.3, 0.4) is 0 Å². The molecule has 1 saturated carbocycles. The Hall–Kier alpha value is -0.860. The van der Waals surface area contributed by atoms with Gasteiger partial charge in [0, 0.05) is 19.1 Å². The Morgan fingerprint density at radius 2 is 1.90 bits per heavy atom. The summed E-state index contributed by atoms with van der Waals surface area (Å²) in [7, 11) is 2.24. The third-order valence-corrected chi connectivity index (χ3v) is 4.81. The fourth-order valence-corrected chi connectivity index (χ4v) is 3.65. The molecule has 0 bridgehead atoms. The molecule has 1 fully saturated rings. The van der Waals surface area contributed by atoms with Gasteiger partial charge < -0.3 is 5.73 Å². The molecule has 1 aliphatic carbocycles. The average molecular weight is 274 g/mol. The van der Waals surface area contributed by atoms with Crippen molar-refractivity contribution in [2.24, 2.45) is 11.7 Å². The van der Waals surface area contributed by atoms with Crippen molar-refractivity contribution in [3.63, 3.8) is 0 Å². The number of nitrogens with zero attached hydrogens (tertiary/aromatic N) is 1. The number of aryl methyl sites for hydroxylation is 2. The maximum absolute atomic E-state index is 6.08. The van der Waals surface area contributed by atoms with Crippen molar-refractivity contribution in [2.75, 3.05) is 20.1 Å². The van der Waals surface area contributed by atoms with Crippen molar-refractivity contribution < 1.29 is 0 Å². The maximum atomic E-state index is 6.08. The Labute approximate surface area is 124 Å². The van der Waals surface area contributed by atoms with E-state index in [1.807, 2.05) is 0 Å². The summed E-state index contributed by atoms with van der Waals surface area (Å²) in [5, 5.41) is 0. The highest BCUT2D eigenvalue weighted by atomic mass is 15.1. The molecule has 2 nitrogen and oxygen atoms in total. The molecule has 0 aliphatic heterocycles. The monoisotopic (exact) mass is 274 g/mol. The van der Waals surface area contributed by atoms with Crippen LogP contribution in [0.2, 0.25) is 0 Å². The lowest BCUT2D eigenvalue weighted by Crippen LogP contribution is -2.35. The summed E-state index contributed by atoms with van der Waals surface area (Å²) in [6.45, 7) is 6.25. The molecule has 1 aromatic rings. The van der Waals surface area contributed by atoms with E-state index in [9.17, 15) is 0 Å². The van der Waals surface area contributed by atoms with E-state index in [1.54, 1.807) is 0 Å². The molecule has 0 spiro atoms. The summed E-state index contributed by atoms with van der Waals surface area (Å²) in [4.78, 5) is 2.48. The number of hydrogen-bond donors (Lipinski definition) is 1. The molecule has 2 rings (SSSR count). The molecule has 112 valence electrons. The maximum Gasteiger partial charge on any atom is 0.0470 e. The van der Waals surface area contributed by atoms with Crippen molar-refractivity contribution in [3.8, 4) is 0 Å². The third-order valence-electron chi connectivity index (χ3n) is 4.81. The fraction of sp³-hybridized carbons (Fsp3) is 0.667. The number of likely N-dealkylation sites (N-methyl/N-ethyl adjacent to an activating group) is 1. The first kappa shape index (κ1) is 15.5. The Bertz CT molecular complexity index is 421. The molecule has 1 aliphatic rings. The van der Waals surface area contributed by atoms with E-state index in [0.29, 0.717) is 12.6 Å². The number of benzene rings is 1. The predicted molar refractivity (Wildman–Crippen MR) is 86.9 cm³/mol. The van der Waals surface area contributed by atoms with E-state index < -0.39 is 0 Å². The van der Waals surface area contributed by atoms with E-state index in [1.165, 1.54) is 55.3 Å². The molecule has 0 aromatic heterocycles. The molecule has 1 atom stereocenters. The van der Waals surface area contributed by atoms with Gasteiger partial charge in [-0.25, -0.2) is 0 Å². The first-order valence-corrected chi connectivity index (χ1v) is 8.09. The van der Waals surface area contributed by atoms with Gasteiger partial charge in [0.25, 0.3) is 0 Å². The second-order valence-corrected chi connectivity index (χ2v) is 6.56. The largest absolute Gasteiger partial charge is 0.329 e. The minimum atomic E-state index is 0.359. The summed E-state index contributed by atoms with van der Waals surface area (Å²) < 4.78 is 0. The summed E-state index contributed by atoms with van der Waals surface area (Å²) in [6, 6.07) is 7.10. The topological polar surface area (TPSA) is 29.3 Å². The Morgan fingerprint density at radius 1 is 1.20 bits per heavy atom. The molecule has 2 N–H and O–H groups in total. The van der Waals surface area contributed by atoms with Gasteiger partial charge in [-0.15, -0.1) is 0 Å². The Kier molecular flexibility index (Phi) is 5.62. The Balaban J connectivity index is 2.06. The zero-order valence-corrected chi connectivity index (χ0v) is 13.4. The molecular formula is C18H30N2. The normalized spacial score (nSPS) is 18.4. The second kappa shape index (κ2) is 7.24. The first-order valence-electron chi connectivity index (χ1n) is 8.09. The van der Waals surface area contributed by atoms with Crippen LogP contribution in [0.4, 0.5) is 0 Å². The quantitative estimate of drug-likeness (QED) is 0.884. The lowest BCUT2D eigenvalue weighted by Gasteiger charge is -2.33. The number of rotatable bonds is 5. The summed E-state index contributed by atoms with van der Waals surface area (Å²) in [5.41, 5.74) is 10.2. The first-order chi connectivity index (χ1) is 9.61. The van der Waals surface area contributed by atoms with Crippen molar-refractivity contribution >= 4 is 0 Å². The van der Waals surface area contributed by atoms with Crippen molar-refractivity contribution in [1.29, 1.82) is 0 Å². The van der Waals surface area contributed by atoms with Crippen molar-refractivity contribution in [2.45, 2.75) is 52.0 Å². The van der Waals surface area contributed by atoms with Crippen LogP contribution in [0.1, 0.15) is 54.8 Å². The summed E-state index contributed by atoms with van der Waals surface area (Å²) in [5.74, 6) is 0.869. The zero-order chi connectivity index (χ0) is 14.5. The second-order valence-electron chi connectivity index (χ2n) is 6.56. The highest BCUT2D eigenvalue weighted by molar-refractivity contribution is 5.33. The molecule has 2 heteroatoms. The van der Waals surface area contributed by atoms with Gasteiger partial charge in [-0.2, -0.15) is 0 Å². The minimum absolute atomic E-state index is 0.359. The Morgan fingerprint density at radius 3 is 2.50 bits per heavy atom.